The molecular weight excluding hydrogens is 236 g/mol. The molecule has 112 valence electrons. The van der Waals surface area contributed by atoms with E-state index in [0.717, 1.165) is 19.7 Å². The maximum absolute atomic E-state index is 6.16. The van der Waals surface area contributed by atoms with Crippen LogP contribution in [-0.4, -0.2) is 43.8 Å². The van der Waals surface area contributed by atoms with Crippen molar-refractivity contribution in [1.82, 2.24) is 4.90 Å². The van der Waals surface area contributed by atoms with Crippen LogP contribution >= 0.6 is 0 Å². The number of hydrogen-bond donors (Lipinski definition) is 1. The Morgan fingerprint density at radius 3 is 2.53 bits per heavy atom. The predicted octanol–water partition coefficient (Wildman–Crippen LogP) is 2.79. The van der Waals surface area contributed by atoms with Crippen LogP contribution in [0.15, 0.2) is 0 Å². The molecule has 19 heavy (non-hydrogen) atoms. The molecule has 0 spiro atoms. The van der Waals surface area contributed by atoms with Crippen LogP contribution in [0.4, 0.5) is 0 Å². The summed E-state index contributed by atoms with van der Waals surface area (Å²) in [5.41, 5.74) is 6.55. The summed E-state index contributed by atoms with van der Waals surface area (Å²) in [5, 5.41) is 0. The van der Waals surface area contributed by atoms with Crippen molar-refractivity contribution in [3.63, 3.8) is 0 Å². The fraction of sp³-hybridized carbons (Fsp3) is 1.00. The van der Waals surface area contributed by atoms with E-state index in [-0.39, 0.29) is 0 Å². The maximum atomic E-state index is 6.16. The number of hydrogen-bond acceptors (Lipinski definition) is 3. The Labute approximate surface area is 118 Å². The Morgan fingerprint density at radius 2 is 1.89 bits per heavy atom. The van der Waals surface area contributed by atoms with Gasteiger partial charge in [0.15, 0.2) is 0 Å². The average Bonchev–Trinajstić information content (AvgIpc) is 2.66. The molecule has 2 rings (SSSR count). The molecule has 3 heteroatoms. The highest BCUT2D eigenvalue weighted by molar-refractivity contribution is 4.87. The van der Waals surface area contributed by atoms with E-state index in [9.17, 15) is 0 Å². The fourth-order valence-electron chi connectivity index (χ4n) is 3.91. The van der Waals surface area contributed by atoms with Crippen molar-refractivity contribution in [3.8, 4) is 0 Å². The molecule has 0 aromatic rings. The van der Waals surface area contributed by atoms with Crippen molar-refractivity contribution in [3.05, 3.63) is 0 Å². The summed E-state index contributed by atoms with van der Waals surface area (Å²) in [7, 11) is 0. The van der Waals surface area contributed by atoms with Crippen molar-refractivity contribution >= 4 is 0 Å². The smallest absolute Gasteiger partial charge is 0.0702 e. The van der Waals surface area contributed by atoms with E-state index in [2.05, 4.69) is 11.8 Å². The van der Waals surface area contributed by atoms with Gasteiger partial charge < -0.3 is 15.4 Å². The molecule has 0 aromatic carbocycles. The zero-order valence-corrected chi connectivity index (χ0v) is 12.7. The molecule has 1 aliphatic heterocycles. The van der Waals surface area contributed by atoms with Crippen LogP contribution in [0, 0.1) is 5.41 Å². The molecule has 0 radical (unpaired) electrons. The van der Waals surface area contributed by atoms with Gasteiger partial charge in [-0.25, -0.2) is 0 Å². The van der Waals surface area contributed by atoms with E-state index in [4.69, 9.17) is 10.5 Å². The van der Waals surface area contributed by atoms with Gasteiger partial charge in [-0.2, -0.15) is 0 Å². The quantitative estimate of drug-likeness (QED) is 0.779. The fourth-order valence-corrected chi connectivity index (χ4v) is 3.91. The average molecular weight is 268 g/mol. The molecule has 2 N–H and O–H groups in total. The van der Waals surface area contributed by atoms with Crippen molar-refractivity contribution < 1.29 is 4.74 Å². The van der Waals surface area contributed by atoms with E-state index in [0.29, 0.717) is 11.5 Å². The van der Waals surface area contributed by atoms with Gasteiger partial charge in [0.25, 0.3) is 0 Å². The Hall–Kier alpha value is -0.120. The molecule has 1 aliphatic carbocycles. The second kappa shape index (κ2) is 7.61. The Morgan fingerprint density at radius 1 is 1.16 bits per heavy atom. The minimum absolute atomic E-state index is 0.393. The van der Waals surface area contributed by atoms with E-state index in [1.54, 1.807) is 0 Å². The van der Waals surface area contributed by atoms with Gasteiger partial charge in [-0.15, -0.1) is 0 Å². The van der Waals surface area contributed by atoms with Gasteiger partial charge in [0.2, 0.25) is 0 Å². The molecule has 3 nitrogen and oxygen atoms in total. The summed E-state index contributed by atoms with van der Waals surface area (Å²) >= 11 is 0. The van der Waals surface area contributed by atoms with Gasteiger partial charge in [0.05, 0.1) is 6.10 Å². The van der Waals surface area contributed by atoms with Crippen molar-refractivity contribution in [2.24, 2.45) is 11.1 Å². The SMILES string of the molecule is CCOC1CCCN(CC2(CN)CCCCCC2)C1. The minimum atomic E-state index is 0.393. The van der Waals surface area contributed by atoms with E-state index >= 15 is 0 Å². The molecule has 1 atom stereocenters. The lowest BCUT2D eigenvalue weighted by molar-refractivity contribution is -0.00791. The molecule has 1 saturated heterocycles. The van der Waals surface area contributed by atoms with Crippen LogP contribution in [0.3, 0.4) is 0 Å². The van der Waals surface area contributed by atoms with Crippen LogP contribution in [0.2, 0.25) is 0 Å². The second-order valence-electron chi connectivity index (χ2n) is 6.57. The Kier molecular flexibility index (Phi) is 6.11. The molecule has 0 bridgehead atoms. The lowest BCUT2D eigenvalue weighted by Crippen LogP contribution is -2.48. The van der Waals surface area contributed by atoms with Crippen molar-refractivity contribution in [1.29, 1.82) is 0 Å². The van der Waals surface area contributed by atoms with Gasteiger partial charge in [-0.1, -0.05) is 25.7 Å². The summed E-state index contributed by atoms with van der Waals surface area (Å²) in [5.74, 6) is 0. The standard InChI is InChI=1S/C16H32N2O/c1-2-19-15-8-7-11-18(12-15)14-16(13-17)9-5-3-4-6-10-16/h15H,2-14,17H2,1H3. The van der Waals surface area contributed by atoms with Crippen LogP contribution in [0.1, 0.15) is 58.3 Å². The summed E-state index contributed by atoms with van der Waals surface area (Å²) in [6.45, 7) is 7.38. The van der Waals surface area contributed by atoms with Crippen LogP contribution in [-0.2, 0) is 4.74 Å². The largest absolute Gasteiger partial charge is 0.377 e. The summed E-state index contributed by atoms with van der Waals surface area (Å²) in [6.07, 6.45) is 11.2. The third kappa shape index (κ3) is 4.44. The molecule has 0 amide bonds. The second-order valence-corrected chi connectivity index (χ2v) is 6.57. The first-order valence-electron chi connectivity index (χ1n) is 8.32. The first-order chi connectivity index (χ1) is 9.28. The van der Waals surface area contributed by atoms with Gasteiger partial charge >= 0.3 is 0 Å². The van der Waals surface area contributed by atoms with Crippen LogP contribution < -0.4 is 5.73 Å². The first-order valence-corrected chi connectivity index (χ1v) is 8.32. The molecule has 1 saturated carbocycles. The van der Waals surface area contributed by atoms with Gasteiger partial charge in [0.1, 0.15) is 0 Å². The number of ether oxygens (including phenoxy) is 1. The topological polar surface area (TPSA) is 38.5 Å². The number of rotatable bonds is 5. The molecular formula is C16H32N2O. The Balaban J connectivity index is 1.89. The molecule has 2 aliphatic rings. The number of nitrogens with two attached hydrogens (primary N) is 1. The van der Waals surface area contributed by atoms with E-state index in [1.165, 1.54) is 64.5 Å². The van der Waals surface area contributed by atoms with Crippen molar-refractivity contribution in [2.45, 2.75) is 64.4 Å². The number of nitrogens with zero attached hydrogens (tertiary/aromatic N) is 1. The normalized spacial score (nSPS) is 29.1. The first kappa shape index (κ1) is 15.3. The monoisotopic (exact) mass is 268 g/mol. The third-order valence-electron chi connectivity index (χ3n) is 5.02. The minimum Gasteiger partial charge on any atom is -0.377 e. The molecule has 2 fully saturated rings. The third-order valence-corrected chi connectivity index (χ3v) is 5.02. The van der Waals surface area contributed by atoms with E-state index < -0.39 is 0 Å². The van der Waals surface area contributed by atoms with Crippen LogP contribution in [0.5, 0.6) is 0 Å². The van der Waals surface area contributed by atoms with Gasteiger partial charge in [-0.3, -0.25) is 0 Å². The van der Waals surface area contributed by atoms with Gasteiger partial charge in [-0.05, 0) is 51.1 Å². The molecule has 0 aromatic heterocycles. The van der Waals surface area contributed by atoms with Gasteiger partial charge in [0, 0.05) is 19.7 Å². The summed E-state index contributed by atoms with van der Waals surface area (Å²) < 4.78 is 5.82. The highest BCUT2D eigenvalue weighted by atomic mass is 16.5. The maximum Gasteiger partial charge on any atom is 0.0702 e. The highest BCUT2D eigenvalue weighted by Crippen LogP contribution is 2.35. The predicted molar refractivity (Wildman–Crippen MR) is 80.3 cm³/mol. The zero-order chi connectivity index (χ0) is 13.6. The van der Waals surface area contributed by atoms with Crippen molar-refractivity contribution in [2.75, 3.05) is 32.8 Å². The molecule has 1 heterocycles. The molecule has 1 unspecified atom stereocenters. The van der Waals surface area contributed by atoms with Crippen LogP contribution in [0.25, 0.3) is 0 Å². The number of piperidine rings is 1. The Bertz CT molecular complexity index is 247. The zero-order valence-electron chi connectivity index (χ0n) is 12.7. The lowest BCUT2D eigenvalue weighted by Gasteiger charge is -2.40. The lowest BCUT2D eigenvalue weighted by atomic mass is 9.79. The highest BCUT2D eigenvalue weighted by Gasteiger charge is 2.33. The number of likely N-dealkylation sites (tertiary alicyclic amines) is 1. The summed E-state index contributed by atoms with van der Waals surface area (Å²) in [4.78, 5) is 2.63. The van der Waals surface area contributed by atoms with E-state index in [1.807, 2.05) is 0 Å². The summed E-state index contributed by atoms with van der Waals surface area (Å²) in [6, 6.07) is 0.